The quantitative estimate of drug-likeness (QED) is 0.737. The first-order valence-corrected chi connectivity index (χ1v) is 10.4. The molecule has 0 aromatic heterocycles. The van der Waals surface area contributed by atoms with Crippen LogP contribution in [0.5, 0.6) is 5.75 Å². The highest BCUT2D eigenvalue weighted by atomic mass is 32.2. The Morgan fingerprint density at radius 1 is 1.23 bits per heavy atom. The Morgan fingerprint density at radius 2 is 1.88 bits per heavy atom. The Kier molecular flexibility index (Phi) is 7.31. The van der Waals surface area contributed by atoms with E-state index in [1.807, 2.05) is 0 Å². The third kappa shape index (κ3) is 6.14. The number of benzene rings is 1. The van der Waals surface area contributed by atoms with Crippen LogP contribution in [-0.4, -0.2) is 50.5 Å². The van der Waals surface area contributed by atoms with Gasteiger partial charge in [0.05, 0.1) is 5.75 Å². The minimum atomic E-state index is -4.78. The van der Waals surface area contributed by atoms with E-state index in [4.69, 9.17) is 0 Å². The van der Waals surface area contributed by atoms with Gasteiger partial charge in [0.15, 0.2) is 0 Å². The topological polar surface area (TPSA) is 58.6 Å². The number of nitrogens with one attached hydrogen (secondary N) is 1. The van der Waals surface area contributed by atoms with Crippen LogP contribution in [0.2, 0.25) is 0 Å². The van der Waals surface area contributed by atoms with Crippen LogP contribution in [0.1, 0.15) is 31.7 Å². The van der Waals surface area contributed by atoms with E-state index in [1.54, 1.807) is 13.0 Å². The van der Waals surface area contributed by atoms with E-state index in [2.05, 4.69) is 10.1 Å². The molecule has 2 rings (SSSR count). The Labute approximate surface area is 152 Å². The number of hydrogen-bond donors (Lipinski definition) is 1. The number of nitrogens with zero attached hydrogens (tertiary/aromatic N) is 1. The molecule has 9 heteroatoms. The van der Waals surface area contributed by atoms with Crippen molar-refractivity contribution in [1.82, 2.24) is 9.62 Å². The predicted octanol–water partition coefficient (Wildman–Crippen LogP) is 2.92. The normalized spacial score (nSPS) is 16.8. The van der Waals surface area contributed by atoms with Crippen LogP contribution < -0.4 is 10.1 Å². The van der Waals surface area contributed by atoms with Gasteiger partial charge in [-0.15, -0.1) is 13.2 Å². The summed E-state index contributed by atoms with van der Waals surface area (Å²) in [6.45, 7) is 3.41. The Bertz CT molecular complexity index is 674. The van der Waals surface area contributed by atoms with Gasteiger partial charge in [-0.3, -0.25) is 0 Å². The molecule has 1 N–H and O–H groups in total. The van der Waals surface area contributed by atoms with E-state index < -0.39 is 16.4 Å². The summed E-state index contributed by atoms with van der Waals surface area (Å²) in [5.41, 5.74) is 0.343. The van der Waals surface area contributed by atoms with E-state index in [1.165, 1.54) is 22.5 Å². The third-order valence-corrected chi connectivity index (χ3v) is 6.45. The van der Waals surface area contributed by atoms with Crippen molar-refractivity contribution >= 4 is 10.0 Å². The SMILES string of the molecule is CCCS(=O)(=O)N(CCc1ccccc1OC(F)(F)F)C1CCNCC1. The molecule has 26 heavy (non-hydrogen) atoms. The van der Waals surface area contributed by atoms with Gasteiger partial charge < -0.3 is 10.1 Å². The average molecular weight is 394 g/mol. The number of sulfonamides is 1. The Morgan fingerprint density at radius 3 is 2.50 bits per heavy atom. The standard InChI is InChI=1S/C17H25F3N2O3S/c1-2-13-26(23,24)22(15-7-10-21-11-8-15)12-9-14-5-3-4-6-16(14)25-17(18,19)20/h3-6,15,21H,2,7-13H2,1H3. The van der Waals surface area contributed by atoms with Gasteiger partial charge in [-0.1, -0.05) is 25.1 Å². The molecular weight excluding hydrogens is 369 g/mol. The third-order valence-electron chi connectivity index (χ3n) is 4.34. The lowest BCUT2D eigenvalue weighted by atomic mass is 10.1. The molecule has 1 aliphatic rings. The van der Waals surface area contributed by atoms with Crippen LogP contribution >= 0.6 is 0 Å². The van der Waals surface area contributed by atoms with E-state index in [0.29, 0.717) is 24.8 Å². The van der Waals surface area contributed by atoms with E-state index in [9.17, 15) is 21.6 Å². The lowest BCUT2D eigenvalue weighted by molar-refractivity contribution is -0.274. The van der Waals surface area contributed by atoms with Gasteiger partial charge in [-0.2, -0.15) is 4.31 Å². The van der Waals surface area contributed by atoms with Gasteiger partial charge in [-0.25, -0.2) is 8.42 Å². The summed E-state index contributed by atoms with van der Waals surface area (Å²) in [4.78, 5) is 0. The summed E-state index contributed by atoms with van der Waals surface area (Å²) in [5.74, 6) is -0.240. The first-order chi connectivity index (χ1) is 12.2. The van der Waals surface area contributed by atoms with Crippen molar-refractivity contribution in [2.24, 2.45) is 0 Å². The highest BCUT2D eigenvalue weighted by Gasteiger charge is 2.33. The molecule has 1 saturated heterocycles. The summed E-state index contributed by atoms with van der Waals surface area (Å²) >= 11 is 0. The molecule has 0 saturated carbocycles. The van der Waals surface area contributed by atoms with Crippen molar-refractivity contribution in [3.8, 4) is 5.75 Å². The number of piperidine rings is 1. The zero-order valence-corrected chi connectivity index (χ0v) is 15.6. The minimum absolute atomic E-state index is 0.0393. The second-order valence-electron chi connectivity index (χ2n) is 6.31. The molecule has 1 aromatic carbocycles. The maximum absolute atomic E-state index is 12.7. The summed E-state index contributed by atoms with van der Waals surface area (Å²) in [6, 6.07) is 5.74. The van der Waals surface area contributed by atoms with Crippen LogP contribution in [0.15, 0.2) is 24.3 Å². The second kappa shape index (κ2) is 9.05. The van der Waals surface area contributed by atoms with Gasteiger partial charge in [-0.05, 0) is 50.4 Å². The van der Waals surface area contributed by atoms with E-state index in [-0.39, 0.29) is 30.5 Å². The maximum Gasteiger partial charge on any atom is 0.573 e. The number of rotatable bonds is 8. The fourth-order valence-corrected chi connectivity index (χ4v) is 4.97. The Hall–Kier alpha value is -1.32. The van der Waals surface area contributed by atoms with Crippen LogP contribution in [0.25, 0.3) is 0 Å². The Balaban J connectivity index is 2.17. The molecule has 0 spiro atoms. The molecule has 1 fully saturated rings. The van der Waals surface area contributed by atoms with Crippen molar-refractivity contribution in [3.05, 3.63) is 29.8 Å². The molecule has 1 heterocycles. The molecule has 5 nitrogen and oxygen atoms in total. The number of halogens is 3. The lowest BCUT2D eigenvalue weighted by Crippen LogP contribution is -2.47. The fourth-order valence-electron chi connectivity index (χ4n) is 3.18. The summed E-state index contributed by atoms with van der Waals surface area (Å²) in [6.07, 6.45) is -2.72. The fraction of sp³-hybridized carbons (Fsp3) is 0.647. The molecular formula is C17H25F3N2O3S. The molecule has 0 unspecified atom stereocenters. The molecule has 0 aliphatic carbocycles. The number of para-hydroxylation sites is 1. The van der Waals surface area contributed by atoms with Crippen molar-refractivity contribution in [2.45, 2.75) is 45.0 Å². The molecule has 0 amide bonds. The van der Waals surface area contributed by atoms with Gasteiger partial charge in [0, 0.05) is 12.6 Å². The summed E-state index contributed by atoms with van der Waals surface area (Å²) < 4.78 is 68.6. The van der Waals surface area contributed by atoms with Crippen LogP contribution in [0.4, 0.5) is 13.2 Å². The lowest BCUT2D eigenvalue weighted by Gasteiger charge is -2.34. The smallest absolute Gasteiger partial charge is 0.406 e. The first kappa shape index (κ1) is 21.0. The van der Waals surface area contributed by atoms with Crippen molar-refractivity contribution in [1.29, 1.82) is 0 Å². The zero-order valence-electron chi connectivity index (χ0n) is 14.8. The second-order valence-corrected chi connectivity index (χ2v) is 8.35. The van der Waals surface area contributed by atoms with Crippen LogP contribution in [0, 0.1) is 0 Å². The van der Waals surface area contributed by atoms with E-state index in [0.717, 1.165) is 13.1 Å². The van der Waals surface area contributed by atoms with Crippen molar-refractivity contribution < 1.29 is 26.3 Å². The maximum atomic E-state index is 12.7. The molecule has 0 radical (unpaired) electrons. The van der Waals surface area contributed by atoms with Crippen molar-refractivity contribution in [3.63, 3.8) is 0 Å². The first-order valence-electron chi connectivity index (χ1n) is 8.77. The van der Waals surface area contributed by atoms with Gasteiger partial charge in [0.1, 0.15) is 5.75 Å². The minimum Gasteiger partial charge on any atom is -0.406 e. The molecule has 1 aliphatic heterocycles. The average Bonchev–Trinajstić information content (AvgIpc) is 2.56. The zero-order chi connectivity index (χ0) is 19.2. The largest absolute Gasteiger partial charge is 0.573 e. The van der Waals surface area contributed by atoms with Gasteiger partial charge >= 0.3 is 6.36 Å². The predicted molar refractivity (Wildman–Crippen MR) is 93.5 cm³/mol. The van der Waals surface area contributed by atoms with Gasteiger partial charge in [0.25, 0.3) is 0 Å². The number of hydrogen-bond acceptors (Lipinski definition) is 4. The number of ether oxygens (including phenoxy) is 1. The molecule has 148 valence electrons. The number of alkyl halides is 3. The van der Waals surface area contributed by atoms with Gasteiger partial charge in [0.2, 0.25) is 10.0 Å². The van der Waals surface area contributed by atoms with Crippen LogP contribution in [-0.2, 0) is 16.4 Å². The summed E-state index contributed by atoms with van der Waals surface area (Å²) in [7, 11) is -3.45. The highest BCUT2D eigenvalue weighted by Crippen LogP contribution is 2.27. The summed E-state index contributed by atoms with van der Waals surface area (Å²) in [5, 5.41) is 3.20. The van der Waals surface area contributed by atoms with E-state index >= 15 is 0 Å². The van der Waals surface area contributed by atoms with Crippen molar-refractivity contribution in [2.75, 3.05) is 25.4 Å². The molecule has 0 atom stereocenters. The monoisotopic (exact) mass is 394 g/mol. The molecule has 0 bridgehead atoms. The highest BCUT2D eigenvalue weighted by molar-refractivity contribution is 7.89. The van der Waals surface area contributed by atoms with Crippen LogP contribution in [0.3, 0.4) is 0 Å². The molecule has 1 aromatic rings.